The molecule has 0 saturated carbocycles. The molecule has 8 nitrogen and oxygen atoms in total. The summed E-state index contributed by atoms with van der Waals surface area (Å²) in [5, 5.41) is 14.6. The van der Waals surface area contributed by atoms with E-state index in [0.717, 1.165) is 38.8 Å². The van der Waals surface area contributed by atoms with Crippen molar-refractivity contribution in [2.75, 3.05) is 23.3 Å². The lowest BCUT2D eigenvalue weighted by Crippen LogP contribution is -2.26. The van der Waals surface area contributed by atoms with Crippen molar-refractivity contribution in [3.8, 4) is 0 Å². The van der Waals surface area contributed by atoms with Gasteiger partial charge in [-0.3, -0.25) is 15.1 Å². The molecule has 0 spiro atoms. The van der Waals surface area contributed by atoms with E-state index in [9.17, 15) is 10.1 Å². The minimum Gasteiger partial charge on any atom is -0.351 e. The maximum Gasteiger partial charge on any atom is 0.353 e. The van der Waals surface area contributed by atoms with Crippen LogP contribution < -0.4 is 10.2 Å². The maximum absolute atomic E-state index is 11.6. The Bertz CT molecular complexity index is 671. The van der Waals surface area contributed by atoms with Crippen molar-refractivity contribution < 1.29 is 4.92 Å². The Morgan fingerprint density at radius 2 is 1.78 bits per heavy atom. The van der Waals surface area contributed by atoms with Crippen LogP contribution in [-0.2, 0) is 0 Å². The van der Waals surface area contributed by atoms with Crippen LogP contribution >= 0.6 is 0 Å². The van der Waals surface area contributed by atoms with E-state index in [4.69, 9.17) is 0 Å². The number of anilines is 3. The molecule has 23 heavy (non-hydrogen) atoms. The highest BCUT2D eigenvalue weighted by Gasteiger charge is 2.27. The topological polar surface area (TPSA) is 97.1 Å². The smallest absolute Gasteiger partial charge is 0.351 e. The highest BCUT2D eigenvalue weighted by Crippen LogP contribution is 2.34. The third-order valence-electron chi connectivity index (χ3n) is 3.83. The standard InChI is InChI=1S/C15H18N6O2/c22-21(23)13-14(19-12-5-7-16-8-6-12)17-11-18-15(13)20-9-3-1-2-4-10-20/h5-8,11H,1-4,9-10H2,(H,16,17,18,19). The van der Waals surface area contributed by atoms with Crippen LogP contribution in [0.5, 0.6) is 0 Å². The zero-order valence-electron chi connectivity index (χ0n) is 12.7. The van der Waals surface area contributed by atoms with Crippen molar-refractivity contribution in [1.29, 1.82) is 0 Å². The van der Waals surface area contributed by atoms with Crippen LogP contribution in [0, 0.1) is 10.1 Å². The molecule has 0 atom stereocenters. The molecule has 1 fully saturated rings. The summed E-state index contributed by atoms with van der Waals surface area (Å²) in [6, 6.07) is 3.47. The fourth-order valence-corrected chi connectivity index (χ4v) is 2.71. The predicted molar refractivity (Wildman–Crippen MR) is 86.9 cm³/mol. The van der Waals surface area contributed by atoms with Crippen molar-refractivity contribution in [3.63, 3.8) is 0 Å². The van der Waals surface area contributed by atoms with Gasteiger partial charge in [0.15, 0.2) is 0 Å². The molecule has 0 amide bonds. The molecule has 1 aliphatic heterocycles. The van der Waals surface area contributed by atoms with Crippen molar-refractivity contribution >= 4 is 23.0 Å². The second-order valence-electron chi connectivity index (χ2n) is 5.41. The van der Waals surface area contributed by atoms with Gasteiger partial charge in [-0.05, 0) is 25.0 Å². The molecular formula is C15H18N6O2. The van der Waals surface area contributed by atoms with Gasteiger partial charge in [-0.25, -0.2) is 9.97 Å². The average molecular weight is 314 g/mol. The molecular weight excluding hydrogens is 296 g/mol. The summed E-state index contributed by atoms with van der Waals surface area (Å²) >= 11 is 0. The lowest BCUT2D eigenvalue weighted by Gasteiger charge is -2.21. The number of aromatic nitrogens is 3. The summed E-state index contributed by atoms with van der Waals surface area (Å²) in [5.41, 5.74) is 0.620. The first kappa shape index (κ1) is 15.1. The number of hydrogen-bond acceptors (Lipinski definition) is 7. The number of nitro groups is 1. The second-order valence-corrected chi connectivity index (χ2v) is 5.41. The Hall–Kier alpha value is -2.77. The summed E-state index contributed by atoms with van der Waals surface area (Å²) in [5.74, 6) is 0.596. The van der Waals surface area contributed by atoms with E-state index in [0.29, 0.717) is 11.5 Å². The van der Waals surface area contributed by atoms with Gasteiger partial charge in [0.25, 0.3) is 0 Å². The number of pyridine rings is 1. The van der Waals surface area contributed by atoms with Crippen LogP contribution in [0.4, 0.5) is 23.0 Å². The summed E-state index contributed by atoms with van der Waals surface area (Å²) in [4.78, 5) is 25.4. The first-order chi connectivity index (χ1) is 11.3. The molecule has 0 aromatic carbocycles. The number of nitrogens with zero attached hydrogens (tertiary/aromatic N) is 5. The summed E-state index contributed by atoms with van der Waals surface area (Å²) < 4.78 is 0. The summed E-state index contributed by atoms with van der Waals surface area (Å²) in [6.07, 6.45) is 8.95. The molecule has 0 unspecified atom stereocenters. The highest BCUT2D eigenvalue weighted by molar-refractivity contribution is 5.74. The first-order valence-electron chi connectivity index (χ1n) is 7.67. The maximum atomic E-state index is 11.6. The second kappa shape index (κ2) is 6.99. The minimum absolute atomic E-state index is 0.0776. The number of hydrogen-bond donors (Lipinski definition) is 1. The molecule has 0 bridgehead atoms. The van der Waals surface area contributed by atoms with Crippen LogP contribution in [-0.4, -0.2) is 33.0 Å². The van der Waals surface area contributed by atoms with E-state index in [1.54, 1.807) is 24.5 Å². The third kappa shape index (κ3) is 3.53. The SMILES string of the molecule is O=[N+]([O-])c1c(Nc2ccncc2)ncnc1N1CCCCCC1. The molecule has 120 valence electrons. The molecule has 0 radical (unpaired) electrons. The molecule has 0 aliphatic carbocycles. The van der Waals surface area contributed by atoms with Crippen molar-refractivity contribution in [2.24, 2.45) is 0 Å². The van der Waals surface area contributed by atoms with E-state index in [2.05, 4.69) is 20.3 Å². The predicted octanol–water partition coefficient (Wildman–Crippen LogP) is 2.90. The zero-order chi connectivity index (χ0) is 16.1. The Morgan fingerprint density at radius 3 is 2.43 bits per heavy atom. The van der Waals surface area contributed by atoms with Gasteiger partial charge in [-0.2, -0.15) is 0 Å². The zero-order valence-corrected chi connectivity index (χ0v) is 12.7. The van der Waals surface area contributed by atoms with Crippen molar-refractivity contribution in [2.45, 2.75) is 25.7 Å². The highest BCUT2D eigenvalue weighted by atomic mass is 16.6. The Balaban J connectivity index is 1.96. The summed E-state index contributed by atoms with van der Waals surface area (Å²) in [7, 11) is 0. The lowest BCUT2D eigenvalue weighted by atomic mass is 10.2. The van der Waals surface area contributed by atoms with Crippen LogP contribution in [0.15, 0.2) is 30.9 Å². The van der Waals surface area contributed by atoms with Gasteiger partial charge in [0, 0.05) is 31.2 Å². The third-order valence-corrected chi connectivity index (χ3v) is 3.83. The quantitative estimate of drug-likeness (QED) is 0.684. The fourth-order valence-electron chi connectivity index (χ4n) is 2.71. The Morgan fingerprint density at radius 1 is 1.09 bits per heavy atom. The van der Waals surface area contributed by atoms with Crippen LogP contribution in [0.3, 0.4) is 0 Å². The van der Waals surface area contributed by atoms with E-state index < -0.39 is 4.92 Å². The lowest BCUT2D eigenvalue weighted by molar-refractivity contribution is -0.383. The molecule has 1 saturated heterocycles. The van der Waals surface area contributed by atoms with Crippen molar-refractivity contribution in [1.82, 2.24) is 15.0 Å². The van der Waals surface area contributed by atoms with E-state index in [1.807, 2.05) is 4.90 Å². The average Bonchev–Trinajstić information content (AvgIpc) is 2.84. The Kier molecular flexibility index (Phi) is 4.60. The van der Waals surface area contributed by atoms with Crippen molar-refractivity contribution in [3.05, 3.63) is 41.0 Å². The monoisotopic (exact) mass is 314 g/mol. The van der Waals surface area contributed by atoms with Crippen LogP contribution in [0.1, 0.15) is 25.7 Å². The van der Waals surface area contributed by atoms with E-state index in [1.165, 1.54) is 6.33 Å². The molecule has 1 N–H and O–H groups in total. The molecule has 2 aromatic heterocycles. The van der Waals surface area contributed by atoms with E-state index >= 15 is 0 Å². The molecule has 3 heterocycles. The van der Waals surface area contributed by atoms with Gasteiger partial charge >= 0.3 is 5.69 Å². The number of nitrogens with one attached hydrogen (secondary N) is 1. The van der Waals surface area contributed by atoms with Gasteiger partial charge in [-0.1, -0.05) is 12.8 Å². The van der Waals surface area contributed by atoms with Crippen LogP contribution in [0.2, 0.25) is 0 Å². The Labute approximate surface area is 133 Å². The van der Waals surface area contributed by atoms with Gasteiger partial charge in [0.05, 0.1) is 4.92 Å². The molecule has 8 heteroatoms. The molecule has 3 rings (SSSR count). The normalized spacial score (nSPS) is 15.0. The summed E-state index contributed by atoms with van der Waals surface area (Å²) in [6.45, 7) is 1.57. The first-order valence-corrected chi connectivity index (χ1v) is 7.67. The fraction of sp³-hybridized carbons (Fsp3) is 0.400. The number of rotatable bonds is 4. The largest absolute Gasteiger partial charge is 0.353 e. The minimum atomic E-state index is -0.413. The van der Waals surface area contributed by atoms with Gasteiger partial charge in [0.1, 0.15) is 6.33 Å². The van der Waals surface area contributed by atoms with Gasteiger partial charge in [-0.15, -0.1) is 0 Å². The molecule has 2 aromatic rings. The van der Waals surface area contributed by atoms with E-state index in [-0.39, 0.29) is 11.5 Å². The van der Waals surface area contributed by atoms with Gasteiger partial charge < -0.3 is 10.2 Å². The van der Waals surface area contributed by atoms with Gasteiger partial charge in [0.2, 0.25) is 11.6 Å². The van der Waals surface area contributed by atoms with Crippen LogP contribution in [0.25, 0.3) is 0 Å². The molecule has 1 aliphatic rings.